The molecular weight excluding hydrogens is 769 g/mol. The minimum absolute atomic E-state index is 0.0211. The van der Waals surface area contributed by atoms with Crippen LogP contribution in [0.3, 0.4) is 0 Å². The maximum absolute atomic E-state index is 16.2. The summed E-state index contributed by atoms with van der Waals surface area (Å²) in [5.74, 6) is -0.101. The molecule has 4 N–H and O–H groups in total. The van der Waals surface area contributed by atoms with Gasteiger partial charge in [-0.15, -0.1) is 0 Å². The van der Waals surface area contributed by atoms with E-state index in [0.29, 0.717) is 45.3 Å². The molecule has 10 heteroatoms. The molecule has 0 spiro atoms. The van der Waals surface area contributed by atoms with Gasteiger partial charge in [-0.1, -0.05) is 133 Å². The minimum Gasteiger partial charge on any atom is -0.496 e. The second-order valence-electron chi connectivity index (χ2n) is 15.4. The predicted molar refractivity (Wildman–Crippen MR) is 234 cm³/mol. The molecule has 0 heterocycles. The predicted octanol–water partition coefficient (Wildman–Crippen LogP) is 7.21. The Morgan fingerprint density at radius 3 is 1.07 bits per heavy atom. The highest BCUT2D eigenvalue weighted by atomic mass is 16.5. The number of primary amides is 1. The standard InChI is InChI=1S/C51H52N2O8/c1-58-41-27-15-11-23-37(41)50(56,38-24-12-16-28-42(38)59-2)45(33-35-19-7-5-8-20-35)53(48(55)49(31-32-49)47(52)54)46(34-36-21-9-6-10-22-36)51(57,39-25-13-17-29-43(39)60-3)40-26-14-18-30-44(40)61-4/h5-30,45-46,56-57H,31-34H2,1-4H3,(H2,52,54). The fraction of sp³-hybridized carbons (Fsp3) is 0.255. The summed E-state index contributed by atoms with van der Waals surface area (Å²) in [4.78, 5) is 31.5. The van der Waals surface area contributed by atoms with Crippen LogP contribution in [-0.2, 0) is 33.6 Å². The number of carbonyl (C=O) groups is 2. The first kappa shape index (κ1) is 42.5. The molecule has 10 nitrogen and oxygen atoms in total. The van der Waals surface area contributed by atoms with E-state index in [0.717, 1.165) is 11.1 Å². The molecule has 1 aliphatic carbocycles. The van der Waals surface area contributed by atoms with Crippen molar-refractivity contribution in [1.29, 1.82) is 0 Å². The first-order valence-corrected chi connectivity index (χ1v) is 20.3. The molecule has 0 aliphatic heterocycles. The summed E-state index contributed by atoms with van der Waals surface area (Å²) < 4.78 is 24.0. The van der Waals surface area contributed by atoms with Crippen LogP contribution in [0.5, 0.6) is 23.0 Å². The molecule has 0 bridgehead atoms. The van der Waals surface area contributed by atoms with E-state index in [-0.39, 0.29) is 25.7 Å². The zero-order valence-corrected chi connectivity index (χ0v) is 34.9. The van der Waals surface area contributed by atoms with E-state index in [9.17, 15) is 15.0 Å². The van der Waals surface area contributed by atoms with Crippen LogP contribution in [0.4, 0.5) is 0 Å². The number of benzene rings is 6. The zero-order chi connectivity index (χ0) is 43.2. The molecular formula is C51H52N2O8. The normalized spacial score (nSPS) is 14.3. The van der Waals surface area contributed by atoms with Crippen molar-refractivity contribution in [3.63, 3.8) is 0 Å². The van der Waals surface area contributed by atoms with Crippen LogP contribution in [0, 0.1) is 5.41 Å². The number of hydrogen-bond acceptors (Lipinski definition) is 8. The molecule has 2 unspecified atom stereocenters. The van der Waals surface area contributed by atoms with E-state index in [1.54, 1.807) is 97.1 Å². The molecule has 2 atom stereocenters. The van der Waals surface area contributed by atoms with E-state index in [1.807, 2.05) is 60.7 Å². The molecule has 0 radical (unpaired) electrons. The average molecular weight is 821 g/mol. The maximum Gasteiger partial charge on any atom is 0.239 e. The highest BCUT2D eigenvalue weighted by Gasteiger charge is 2.63. The van der Waals surface area contributed by atoms with Gasteiger partial charge in [0.15, 0.2) is 0 Å². The average Bonchev–Trinajstić information content (AvgIpc) is 4.14. The number of amides is 2. The van der Waals surface area contributed by atoms with Crippen molar-refractivity contribution in [3.05, 3.63) is 191 Å². The van der Waals surface area contributed by atoms with Crippen molar-refractivity contribution >= 4 is 11.8 Å². The minimum atomic E-state index is -2.17. The number of carbonyl (C=O) groups excluding carboxylic acids is 2. The molecule has 1 aliphatic rings. The first-order valence-electron chi connectivity index (χ1n) is 20.3. The third-order valence-corrected chi connectivity index (χ3v) is 12.1. The van der Waals surface area contributed by atoms with Crippen molar-refractivity contribution in [1.82, 2.24) is 4.90 Å². The van der Waals surface area contributed by atoms with E-state index in [2.05, 4.69) is 0 Å². The molecule has 1 fully saturated rings. The largest absolute Gasteiger partial charge is 0.496 e. The number of methoxy groups -OCH3 is 4. The van der Waals surface area contributed by atoms with Crippen LogP contribution in [-0.4, -0.2) is 67.5 Å². The maximum atomic E-state index is 16.2. The van der Waals surface area contributed by atoms with Gasteiger partial charge in [0.25, 0.3) is 0 Å². The number of aliphatic hydroxyl groups is 2. The molecule has 6 aromatic rings. The molecule has 314 valence electrons. The van der Waals surface area contributed by atoms with E-state index in [1.165, 1.54) is 33.3 Å². The van der Waals surface area contributed by atoms with Gasteiger partial charge in [0.2, 0.25) is 11.8 Å². The molecule has 0 saturated heterocycles. The van der Waals surface area contributed by atoms with Gasteiger partial charge in [-0.05, 0) is 61.1 Å². The van der Waals surface area contributed by atoms with Gasteiger partial charge >= 0.3 is 0 Å². The number of hydrogen-bond donors (Lipinski definition) is 3. The van der Waals surface area contributed by atoms with Crippen LogP contribution >= 0.6 is 0 Å². The number of rotatable bonds is 18. The van der Waals surface area contributed by atoms with Gasteiger partial charge < -0.3 is 39.8 Å². The molecule has 61 heavy (non-hydrogen) atoms. The summed E-state index contributed by atoms with van der Waals surface area (Å²) in [6.07, 6.45) is 0.398. The van der Waals surface area contributed by atoms with Crippen molar-refractivity contribution < 1.29 is 38.7 Å². The quantitative estimate of drug-likeness (QED) is 0.0774. The second kappa shape index (κ2) is 17.9. The Balaban J connectivity index is 1.68. The van der Waals surface area contributed by atoms with Crippen LogP contribution in [0.2, 0.25) is 0 Å². The summed E-state index contributed by atoms with van der Waals surface area (Å²) in [6.45, 7) is 0. The fourth-order valence-electron chi connectivity index (χ4n) is 8.85. The summed E-state index contributed by atoms with van der Waals surface area (Å²) in [5.41, 5.74) is 3.04. The zero-order valence-electron chi connectivity index (χ0n) is 34.9. The number of nitrogens with zero attached hydrogens (tertiary/aromatic N) is 1. The summed E-state index contributed by atoms with van der Waals surface area (Å²) in [7, 11) is 6.07. The monoisotopic (exact) mass is 820 g/mol. The lowest BCUT2D eigenvalue weighted by Gasteiger charge is -2.52. The van der Waals surface area contributed by atoms with Crippen molar-refractivity contribution in [2.24, 2.45) is 11.1 Å². The van der Waals surface area contributed by atoms with Crippen LogP contribution in [0.1, 0.15) is 46.2 Å². The smallest absolute Gasteiger partial charge is 0.239 e. The third-order valence-electron chi connectivity index (χ3n) is 12.1. The topological polar surface area (TPSA) is 141 Å². The van der Waals surface area contributed by atoms with Crippen LogP contribution in [0.25, 0.3) is 0 Å². The van der Waals surface area contributed by atoms with E-state index in [4.69, 9.17) is 24.7 Å². The Hall–Kier alpha value is -6.62. The van der Waals surface area contributed by atoms with Gasteiger partial charge in [-0.3, -0.25) is 9.59 Å². The molecule has 7 rings (SSSR count). The van der Waals surface area contributed by atoms with Gasteiger partial charge in [0.1, 0.15) is 39.6 Å². The highest BCUT2D eigenvalue weighted by Crippen LogP contribution is 2.54. The lowest BCUT2D eigenvalue weighted by molar-refractivity contribution is -0.161. The lowest BCUT2D eigenvalue weighted by Crippen LogP contribution is -2.66. The SMILES string of the molecule is COc1ccccc1C(O)(c1ccccc1OC)C(Cc1ccccc1)N(C(=O)C1(C(N)=O)CC1)C(Cc1ccccc1)C(O)(c1ccccc1OC)c1ccccc1OC. The number of nitrogens with two attached hydrogens (primary N) is 1. The Labute approximate surface area is 357 Å². The van der Waals surface area contributed by atoms with Gasteiger partial charge in [0, 0.05) is 22.3 Å². The summed E-state index contributed by atoms with van der Waals surface area (Å²) in [5, 5.41) is 28.7. The molecule has 0 aromatic heterocycles. The Morgan fingerprint density at radius 2 is 0.803 bits per heavy atom. The van der Waals surface area contributed by atoms with Crippen LogP contribution in [0.15, 0.2) is 158 Å². The molecule has 6 aromatic carbocycles. The highest BCUT2D eigenvalue weighted by molar-refractivity contribution is 6.07. The summed E-state index contributed by atoms with van der Waals surface area (Å²) in [6, 6.07) is 44.7. The van der Waals surface area contributed by atoms with Crippen LogP contribution < -0.4 is 24.7 Å². The molecule has 2 amide bonds. The molecule has 1 saturated carbocycles. The van der Waals surface area contributed by atoms with Crippen molar-refractivity contribution in [3.8, 4) is 23.0 Å². The Kier molecular flexibility index (Phi) is 12.5. The van der Waals surface area contributed by atoms with Gasteiger partial charge in [0.05, 0.1) is 40.5 Å². The Bertz CT molecular complexity index is 2210. The lowest BCUT2D eigenvalue weighted by atomic mass is 9.71. The number of para-hydroxylation sites is 4. The third kappa shape index (κ3) is 7.80. The van der Waals surface area contributed by atoms with Gasteiger partial charge in [-0.25, -0.2) is 0 Å². The first-order chi connectivity index (χ1) is 29.6. The summed E-state index contributed by atoms with van der Waals surface area (Å²) >= 11 is 0. The van der Waals surface area contributed by atoms with E-state index >= 15 is 4.79 Å². The number of ether oxygens (including phenoxy) is 4. The fourth-order valence-corrected chi connectivity index (χ4v) is 8.85. The van der Waals surface area contributed by atoms with E-state index < -0.39 is 40.5 Å². The second-order valence-corrected chi connectivity index (χ2v) is 15.4. The van der Waals surface area contributed by atoms with Gasteiger partial charge in [-0.2, -0.15) is 0 Å². The van der Waals surface area contributed by atoms with Crippen molar-refractivity contribution in [2.45, 2.75) is 49.0 Å². The Morgan fingerprint density at radius 1 is 0.525 bits per heavy atom. The van der Waals surface area contributed by atoms with Crippen molar-refractivity contribution in [2.75, 3.05) is 28.4 Å².